The zero-order valence-corrected chi connectivity index (χ0v) is 17.9. The lowest BCUT2D eigenvalue weighted by Gasteiger charge is -2.43. The Balaban J connectivity index is 1.37. The molecule has 0 amide bonds. The molecule has 1 saturated heterocycles. The third kappa shape index (κ3) is 3.51. The first kappa shape index (κ1) is 20.8. The molecule has 0 aromatic carbocycles. The monoisotopic (exact) mass is 435 g/mol. The molecule has 2 saturated carbocycles. The average Bonchev–Trinajstić information content (AvgIpc) is 3.03. The van der Waals surface area contributed by atoms with Crippen LogP contribution in [0.2, 0.25) is 0 Å². The van der Waals surface area contributed by atoms with Crippen molar-refractivity contribution in [2.75, 3.05) is 25.9 Å². The number of halogens is 3. The van der Waals surface area contributed by atoms with Crippen molar-refractivity contribution in [3.63, 3.8) is 0 Å². The van der Waals surface area contributed by atoms with Gasteiger partial charge in [0.1, 0.15) is 5.82 Å². The molecule has 3 fully saturated rings. The molecule has 168 valence electrons. The Bertz CT molecular complexity index is 970. The molecule has 4 atom stereocenters. The number of hydrogen-bond donors (Lipinski definition) is 1. The van der Waals surface area contributed by atoms with Crippen LogP contribution in [0.5, 0.6) is 0 Å². The van der Waals surface area contributed by atoms with Crippen molar-refractivity contribution in [3.8, 4) is 11.3 Å². The maximum absolute atomic E-state index is 13.3. The zero-order chi connectivity index (χ0) is 22.1. The van der Waals surface area contributed by atoms with Gasteiger partial charge in [-0.2, -0.15) is 18.3 Å². The van der Waals surface area contributed by atoms with Crippen molar-refractivity contribution >= 4 is 5.82 Å². The number of ether oxygens (including phenoxy) is 1. The molecule has 2 N–H and O–H groups in total. The molecule has 1 unspecified atom stereocenters. The number of nitrogens with two attached hydrogens (primary N) is 1. The Labute approximate surface area is 179 Å². The number of hydrogen-bond acceptors (Lipinski definition) is 5. The molecular weight excluding hydrogens is 407 g/mol. The van der Waals surface area contributed by atoms with Crippen LogP contribution in [0.25, 0.3) is 11.3 Å². The lowest BCUT2D eigenvalue weighted by Crippen LogP contribution is -2.55. The molecule has 5 rings (SSSR count). The number of likely N-dealkylation sites (tertiary alicyclic amines) is 1. The molecule has 6 nitrogen and oxygen atoms in total. The molecule has 3 aliphatic rings. The lowest BCUT2D eigenvalue weighted by atomic mass is 9.99. The van der Waals surface area contributed by atoms with Gasteiger partial charge in [-0.1, -0.05) is 0 Å². The highest BCUT2D eigenvalue weighted by atomic mass is 19.4. The van der Waals surface area contributed by atoms with E-state index < -0.39 is 17.6 Å². The van der Waals surface area contributed by atoms with Crippen LogP contribution in [0, 0.1) is 11.8 Å². The normalized spacial score (nSPS) is 28.7. The molecule has 2 aliphatic carbocycles. The van der Waals surface area contributed by atoms with E-state index in [9.17, 15) is 13.2 Å². The van der Waals surface area contributed by atoms with Crippen molar-refractivity contribution in [1.82, 2.24) is 19.7 Å². The van der Waals surface area contributed by atoms with Gasteiger partial charge in [0.15, 0.2) is 0 Å². The van der Waals surface area contributed by atoms with E-state index in [1.54, 1.807) is 7.11 Å². The lowest BCUT2D eigenvalue weighted by molar-refractivity contribution is -0.137. The number of methoxy groups -OCH3 is 1. The SMILES string of the molecule is COC1CN(C2C[C@@H]3[C@H](C2)[C@H]3c2cc(-c3cnc(N)c(C(F)(F)F)c3)nn2C(C)C)C1. The third-order valence-corrected chi connectivity index (χ3v) is 7.26. The van der Waals surface area contributed by atoms with Crippen LogP contribution in [0.4, 0.5) is 19.0 Å². The summed E-state index contributed by atoms with van der Waals surface area (Å²) >= 11 is 0. The zero-order valence-electron chi connectivity index (χ0n) is 17.9. The Morgan fingerprint density at radius 2 is 1.84 bits per heavy atom. The standard InChI is InChI=1S/C22H28F3N5O/c1-11(2)30-19(20-15-5-13(6-16(15)20)29-9-14(10-29)31-3)7-18(28-30)12-4-17(22(23,24)25)21(26)27-8-12/h4,7-8,11,13-16,20H,5-6,9-10H2,1-3H3,(H2,26,27)/t13?,15-,16+,20+. The van der Waals surface area contributed by atoms with Crippen LogP contribution in [-0.2, 0) is 10.9 Å². The first-order valence-electron chi connectivity index (χ1n) is 10.9. The van der Waals surface area contributed by atoms with E-state index >= 15 is 0 Å². The highest BCUT2D eigenvalue weighted by Gasteiger charge is 2.59. The second-order valence-corrected chi connectivity index (χ2v) is 9.44. The molecule has 31 heavy (non-hydrogen) atoms. The number of fused-ring (bicyclic) bond motifs is 1. The van der Waals surface area contributed by atoms with E-state index in [-0.39, 0.29) is 6.04 Å². The summed E-state index contributed by atoms with van der Waals surface area (Å²) in [5, 5.41) is 4.67. The van der Waals surface area contributed by atoms with E-state index in [4.69, 9.17) is 10.5 Å². The van der Waals surface area contributed by atoms with Crippen LogP contribution in [-0.4, -0.2) is 52.0 Å². The van der Waals surface area contributed by atoms with Crippen LogP contribution in [0.3, 0.4) is 0 Å². The van der Waals surface area contributed by atoms with Gasteiger partial charge in [-0.05, 0) is 50.7 Å². The summed E-state index contributed by atoms with van der Waals surface area (Å²) in [4.78, 5) is 6.29. The fraction of sp³-hybridized carbons (Fsp3) is 0.636. The van der Waals surface area contributed by atoms with Crippen LogP contribution in [0.15, 0.2) is 18.3 Å². The second-order valence-electron chi connectivity index (χ2n) is 9.44. The van der Waals surface area contributed by atoms with Gasteiger partial charge in [-0.25, -0.2) is 4.98 Å². The van der Waals surface area contributed by atoms with Crippen molar-refractivity contribution in [2.24, 2.45) is 11.8 Å². The molecule has 0 bridgehead atoms. The van der Waals surface area contributed by atoms with E-state index in [1.165, 1.54) is 19.0 Å². The molecule has 1 aliphatic heterocycles. The number of nitrogen functional groups attached to an aromatic ring is 1. The van der Waals surface area contributed by atoms with Gasteiger partial charge < -0.3 is 10.5 Å². The minimum atomic E-state index is -4.54. The van der Waals surface area contributed by atoms with Crippen LogP contribution < -0.4 is 5.73 Å². The van der Waals surface area contributed by atoms with Gasteiger partial charge in [-0.3, -0.25) is 9.58 Å². The molecule has 9 heteroatoms. The quantitative estimate of drug-likeness (QED) is 0.770. The molecule has 2 aromatic rings. The minimum absolute atomic E-state index is 0.127. The fourth-order valence-electron chi connectivity index (χ4n) is 5.52. The summed E-state index contributed by atoms with van der Waals surface area (Å²) in [6.45, 7) is 6.14. The highest BCUT2D eigenvalue weighted by molar-refractivity contribution is 5.63. The van der Waals surface area contributed by atoms with Gasteiger partial charge in [0.25, 0.3) is 0 Å². The third-order valence-electron chi connectivity index (χ3n) is 7.26. The molecule has 3 heterocycles. The molecule has 0 radical (unpaired) electrons. The molecule has 2 aromatic heterocycles. The Kier molecular flexibility index (Phi) is 4.82. The second kappa shape index (κ2) is 7.20. The number of rotatable bonds is 5. The summed E-state index contributed by atoms with van der Waals surface area (Å²) in [5.74, 6) is 1.18. The van der Waals surface area contributed by atoms with Crippen molar-refractivity contribution < 1.29 is 17.9 Å². The predicted octanol–water partition coefficient (Wildman–Crippen LogP) is 3.95. The topological polar surface area (TPSA) is 69.2 Å². The number of aromatic nitrogens is 3. The van der Waals surface area contributed by atoms with E-state index in [0.29, 0.717) is 41.2 Å². The summed E-state index contributed by atoms with van der Waals surface area (Å²) in [7, 11) is 1.77. The van der Waals surface area contributed by atoms with Gasteiger partial charge in [0.2, 0.25) is 0 Å². The fourth-order valence-corrected chi connectivity index (χ4v) is 5.52. The number of nitrogens with zero attached hydrogens (tertiary/aromatic N) is 4. The van der Waals surface area contributed by atoms with E-state index in [2.05, 4.69) is 28.8 Å². The van der Waals surface area contributed by atoms with Gasteiger partial charge >= 0.3 is 6.18 Å². The van der Waals surface area contributed by atoms with E-state index in [1.807, 2.05) is 10.7 Å². The summed E-state index contributed by atoms with van der Waals surface area (Å²) in [6.07, 6.45) is -0.454. The molecular formula is C22H28F3N5O. The average molecular weight is 435 g/mol. The Morgan fingerprint density at radius 3 is 2.42 bits per heavy atom. The maximum Gasteiger partial charge on any atom is 0.419 e. The predicted molar refractivity (Wildman–Crippen MR) is 110 cm³/mol. The van der Waals surface area contributed by atoms with Crippen molar-refractivity contribution in [1.29, 1.82) is 0 Å². The number of alkyl halides is 3. The van der Waals surface area contributed by atoms with Crippen LogP contribution >= 0.6 is 0 Å². The molecule has 0 spiro atoms. The number of anilines is 1. The maximum atomic E-state index is 13.3. The first-order valence-corrected chi connectivity index (χ1v) is 10.9. The van der Waals surface area contributed by atoms with Crippen LogP contribution in [0.1, 0.15) is 49.9 Å². The van der Waals surface area contributed by atoms with Gasteiger partial charge in [-0.15, -0.1) is 0 Å². The largest absolute Gasteiger partial charge is 0.419 e. The Hall–Kier alpha value is -2.13. The smallest absolute Gasteiger partial charge is 0.383 e. The summed E-state index contributed by atoms with van der Waals surface area (Å²) < 4.78 is 47.2. The van der Waals surface area contributed by atoms with Crippen molar-refractivity contribution in [2.45, 2.75) is 57.0 Å². The van der Waals surface area contributed by atoms with Crippen molar-refractivity contribution in [3.05, 3.63) is 29.6 Å². The summed E-state index contributed by atoms with van der Waals surface area (Å²) in [5.41, 5.74) is 6.54. The van der Waals surface area contributed by atoms with Gasteiger partial charge in [0, 0.05) is 55.7 Å². The first-order chi connectivity index (χ1) is 14.7. The van der Waals surface area contributed by atoms with Gasteiger partial charge in [0.05, 0.1) is 17.4 Å². The number of pyridine rings is 1. The highest BCUT2D eigenvalue weighted by Crippen LogP contribution is 2.64. The summed E-state index contributed by atoms with van der Waals surface area (Å²) in [6, 6.07) is 3.76. The Morgan fingerprint density at radius 1 is 1.16 bits per heavy atom. The minimum Gasteiger partial charge on any atom is -0.383 e. The van der Waals surface area contributed by atoms with E-state index in [0.717, 1.165) is 24.8 Å².